The summed E-state index contributed by atoms with van der Waals surface area (Å²) in [7, 11) is 0. The van der Waals surface area contributed by atoms with Gasteiger partial charge in [-0.2, -0.15) is 0 Å². The van der Waals surface area contributed by atoms with E-state index in [1.54, 1.807) is 32.1 Å². The number of aryl methyl sites for hydroxylation is 1. The molecule has 0 radical (unpaired) electrons. The first-order chi connectivity index (χ1) is 16.4. The van der Waals surface area contributed by atoms with Gasteiger partial charge in [-0.05, 0) is 88.9 Å². The van der Waals surface area contributed by atoms with Gasteiger partial charge in [0.1, 0.15) is 0 Å². The molecule has 1 fully saturated rings. The number of esters is 1. The molecule has 4 N–H and O–H groups in total. The number of carbonyl (C=O) groups excluding carboxylic acids is 3. The second kappa shape index (κ2) is 10.3. The normalized spacial score (nSPS) is 18.5. The van der Waals surface area contributed by atoms with Gasteiger partial charge in [0.2, 0.25) is 5.91 Å². The van der Waals surface area contributed by atoms with Crippen LogP contribution in [-0.4, -0.2) is 42.5 Å². The molecule has 2 aliphatic heterocycles. The van der Waals surface area contributed by atoms with Crippen molar-refractivity contribution in [1.29, 1.82) is 0 Å². The summed E-state index contributed by atoms with van der Waals surface area (Å²) in [6.07, 6.45) is 5.41. The zero-order valence-electron chi connectivity index (χ0n) is 20.0. The van der Waals surface area contributed by atoms with E-state index in [0.717, 1.165) is 37.9 Å². The highest BCUT2D eigenvalue weighted by molar-refractivity contribution is 6.35. The van der Waals surface area contributed by atoms with E-state index in [0.29, 0.717) is 58.4 Å². The van der Waals surface area contributed by atoms with Crippen molar-refractivity contribution in [3.05, 3.63) is 46.3 Å². The monoisotopic (exact) mass is 464 g/mol. The molecule has 0 aliphatic carbocycles. The number of anilines is 2. The zero-order valence-corrected chi connectivity index (χ0v) is 20.0. The topological polar surface area (TPSA) is 112 Å². The van der Waals surface area contributed by atoms with Crippen LogP contribution < -0.4 is 16.0 Å². The molecule has 3 heterocycles. The number of nitrogens with one attached hydrogen (secondary N) is 4. The number of benzene rings is 1. The highest BCUT2D eigenvalue weighted by Gasteiger charge is 2.26. The van der Waals surface area contributed by atoms with Crippen LogP contribution in [-0.2, 0) is 14.3 Å². The third kappa shape index (κ3) is 5.07. The van der Waals surface area contributed by atoms with Gasteiger partial charge >= 0.3 is 5.97 Å². The van der Waals surface area contributed by atoms with E-state index in [2.05, 4.69) is 20.9 Å². The van der Waals surface area contributed by atoms with Gasteiger partial charge in [0.15, 0.2) is 0 Å². The van der Waals surface area contributed by atoms with Crippen molar-refractivity contribution in [3.8, 4) is 0 Å². The molecule has 2 aromatic rings. The lowest BCUT2D eigenvalue weighted by molar-refractivity contribution is -0.116. The summed E-state index contributed by atoms with van der Waals surface area (Å²) in [5.41, 5.74) is 5.11. The molecule has 1 aromatic heterocycles. The lowest BCUT2D eigenvalue weighted by Crippen LogP contribution is -2.30. The molecule has 8 heteroatoms. The number of amides is 2. The Hall–Kier alpha value is -3.39. The Balaban J connectivity index is 1.52. The number of rotatable bonds is 7. The Morgan fingerprint density at radius 2 is 2.09 bits per heavy atom. The van der Waals surface area contributed by atoms with Crippen LogP contribution in [0.1, 0.15) is 65.5 Å². The minimum Gasteiger partial charge on any atom is -0.462 e. The van der Waals surface area contributed by atoms with Crippen LogP contribution in [0.4, 0.5) is 11.4 Å². The minimum absolute atomic E-state index is 0.0248. The molecule has 34 heavy (non-hydrogen) atoms. The number of aromatic amines is 1. The fourth-order valence-corrected chi connectivity index (χ4v) is 4.71. The molecular weight excluding hydrogens is 432 g/mol. The molecule has 0 spiro atoms. The molecule has 1 unspecified atom stereocenters. The summed E-state index contributed by atoms with van der Waals surface area (Å²) >= 11 is 0. The second-order valence-corrected chi connectivity index (χ2v) is 8.96. The van der Waals surface area contributed by atoms with Crippen molar-refractivity contribution in [1.82, 2.24) is 10.3 Å². The molecule has 180 valence electrons. The average molecular weight is 465 g/mol. The van der Waals surface area contributed by atoms with Crippen molar-refractivity contribution in [2.75, 3.05) is 30.3 Å². The zero-order chi connectivity index (χ0) is 24.2. The Morgan fingerprint density at radius 3 is 2.82 bits per heavy atom. The molecule has 1 aromatic carbocycles. The highest BCUT2D eigenvalue weighted by Crippen LogP contribution is 2.36. The first kappa shape index (κ1) is 23.8. The molecule has 2 aliphatic rings. The highest BCUT2D eigenvalue weighted by atomic mass is 16.5. The van der Waals surface area contributed by atoms with E-state index in [1.807, 2.05) is 13.0 Å². The fourth-order valence-electron chi connectivity index (χ4n) is 4.71. The number of carbonyl (C=O) groups is 3. The number of hydrogen-bond donors (Lipinski definition) is 4. The third-order valence-electron chi connectivity index (χ3n) is 6.51. The Bertz CT molecular complexity index is 1140. The lowest BCUT2D eigenvalue weighted by atomic mass is 9.94. The second-order valence-electron chi connectivity index (χ2n) is 8.96. The predicted octanol–water partition coefficient (Wildman–Crippen LogP) is 4.02. The van der Waals surface area contributed by atoms with Crippen LogP contribution in [0.2, 0.25) is 0 Å². The average Bonchev–Trinajstić information content (AvgIpc) is 3.28. The maximum absolute atomic E-state index is 12.7. The van der Waals surface area contributed by atoms with Gasteiger partial charge in [-0.1, -0.05) is 0 Å². The van der Waals surface area contributed by atoms with Crippen LogP contribution in [0.15, 0.2) is 18.2 Å². The van der Waals surface area contributed by atoms with E-state index < -0.39 is 0 Å². The van der Waals surface area contributed by atoms with Crippen LogP contribution >= 0.6 is 0 Å². The number of hydrogen-bond acceptors (Lipinski definition) is 5. The standard InChI is InChI=1S/C26H32N4O4/c1-4-34-26(33)24-15(2)22(28-16(24)3)13-20-19-12-18(8-9-21(19)30-25(20)32)29-23(31)10-7-17-6-5-11-27-14-17/h8-9,12-13,17,27-28H,4-7,10-11,14H2,1-3H3,(H,29,31)(H,30,32). The quantitative estimate of drug-likeness (QED) is 0.365. The third-order valence-corrected chi connectivity index (χ3v) is 6.51. The van der Waals surface area contributed by atoms with E-state index >= 15 is 0 Å². The molecule has 0 saturated carbocycles. The molecule has 0 bridgehead atoms. The van der Waals surface area contributed by atoms with Gasteiger partial charge in [-0.3, -0.25) is 9.59 Å². The summed E-state index contributed by atoms with van der Waals surface area (Å²) in [6, 6.07) is 5.41. The Kier molecular flexibility index (Phi) is 7.17. The van der Waals surface area contributed by atoms with Crippen LogP contribution in [0.25, 0.3) is 11.6 Å². The molecular formula is C26H32N4O4. The first-order valence-corrected chi connectivity index (χ1v) is 11.9. The number of H-pyrrole nitrogens is 1. The first-order valence-electron chi connectivity index (χ1n) is 11.9. The van der Waals surface area contributed by atoms with E-state index in [9.17, 15) is 14.4 Å². The van der Waals surface area contributed by atoms with E-state index in [4.69, 9.17) is 4.74 Å². The maximum Gasteiger partial charge on any atom is 0.340 e. The van der Waals surface area contributed by atoms with Crippen LogP contribution in [0.3, 0.4) is 0 Å². The van der Waals surface area contributed by atoms with Gasteiger partial charge in [0, 0.05) is 34.7 Å². The summed E-state index contributed by atoms with van der Waals surface area (Å²) in [4.78, 5) is 40.7. The van der Waals surface area contributed by atoms with Gasteiger partial charge < -0.3 is 25.7 Å². The predicted molar refractivity (Wildman–Crippen MR) is 133 cm³/mol. The van der Waals surface area contributed by atoms with E-state index in [-0.39, 0.29) is 17.8 Å². The number of fused-ring (bicyclic) bond motifs is 1. The maximum atomic E-state index is 12.7. The molecule has 1 saturated heterocycles. The molecule has 2 amide bonds. The van der Waals surface area contributed by atoms with Crippen LogP contribution in [0, 0.1) is 19.8 Å². The summed E-state index contributed by atoms with van der Waals surface area (Å²) in [5, 5.41) is 9.22. The summed E-state index contributed by atoms with van der Waals surface area (Å²) < 4.78 is 5.16. The van der Waals surface area contributed by atoms with Crippen molar-refractivity contribution in [2.24, 2.45) is 5.92 Å². The fraction of sp³-hybridized carbons (Fsp3) is 0.423. The Morgan fingerprint density at radius 1 is 1.26 bits per heavy atom. The number of piperidine rings is 1. The minimum atomic E-state index is -0.385. The van der Waals surface area contributed by atoms with Gasteiger partial charge in [-0.25, -0.2) is 4.79 Å². The Labute approximate surface area is 199 Å². The number of ether oxygens (including phenoxy) is 1. The van der Waals surface area contributed by atoms with Crippen LogP contribution in [0.5, 0.6) is 0 Å². The SMILES string of the molecule is CCOC(=O)c1c(C)[nH]c(C=C2C(=O)Nc3ccc(NC(=O)CCC4CCCNC4)cc32)c1C. The summed E-state index contributed by atoms with van der Waals surface area (Å²) in [6.45, 7) is 7.73. The van der Waals surface area contributed by atoms with E-state index in [1.165, 1.54) is 0 Å². The largest absolute Gasteiger partial charge is 0.462 e. The van der Waals surface area contributed by atoms with Gasteiger partial charge in [0.05, 0.1) is 17.7 Å². The molecule has 8 nitrogen and oxygen atoms in total. The smallest absolute Gasteiger partial charge is 0.340 e. The van der Waals surface area contributed by atoms with Gasteiger partial charge in [-0.15, -0.1) is 0 Å². The van der Waals surface area contributed by atoms with Crippen molar-refractivity contribution >= 4 is 40.8 Å². The summed E-state index contributed by atoms with van der Waals surface area (Å²) in [5.74, 6) is -0.0950. The van der Waals surface area contributed by atoms with Crippen molar-refractivity contribution in [3.63, 3.8) is 0 Å². The molecule has 1 atom stereocenters. The van der Waals surface area contributed by atoms with Crippen molar-refractivity contribution < 1.29 is 19.1 Å². The van der Waals surface area contributed by atoms with Crippen molar-refractivity contribution in [2.45, 2.75) is 46.5 Å². The molecule has 4 rings (SSSR count). The number of aromatic nitrogens is 1. The lowest BCUT2D eigenvalue weighted by Gasteiger charge is -2.22. The van der Waals surface area contributed by atoms with Gasteiger partial charge in [0.25, 0.3) is 5.91 Å².